The number of hydrogen-bond donors (Lipinski definition) is 1. The number of aryl methyl sites for hydroxylation is 1. The number of benzene rings is 1. The van der Waals surface area contributed by atoms with Gasteiger partial charge >= 0.3 is 0 Å². The molecule has 158 valence electrons. The van der Waals surface area contributed by atoms with Gasteiger partial charge in [-0.2, -0.15) is 0 Å². The van der Waals surface area contributed by atoms with Crippen molar-refractivity contribution in [3.63, 3.8) is 0 Å². The van der Waals surface area contributed by atoms with Crippen LogP contribution in [0.4, 0.5) is 0 Å². The molecule has 1 N–H and O–H groups in total. The first-order valence-electron chi connectivity index (χ1n) is 10.1. The highest BCUT2D eigenvalue weighted by molar-refractivity contribution is 7.10. The van der Waals surface area contributed by atoms with Crippen molar-refractivity contribution in [2.75, 3.05) is 0 Å². The fourth-order valence-corrected chi connectivity index (χ4v) is 6.02. The predicted octanol–water partition coefficient (Wildman–Crippen LogP) is 5.06. The molecule has 0 aliphatic carbocycles. The quantitative estimate of drug-likeness (QED) is 0.342. The maximum atomic E-state index is 13.1. The third kappa shape index (κ3) is 3.38. The van der Waals surface area contributed by atoms with E-state index < -0.39 is 17.7 Å². The number of nitrogens with zero attached hydrogens (tertiary/aromatic N) is 1. The number of Topliss-reactive ketones (excluding diaryl/α,β-unsaturated/α-hetero) is 1. The van der Waals surface area contributed by atoms with E-state index in [-0.39, 0.29) is 17.4 Å². The molecule has 0 bridgehead atoms. The minimum atomic E-state index is -0.642. The van der Waals surface area contributed by atoms with Gasteiger partial charge in [0.25, 0.3) is 11.7 Å². The summed E-state index contributed by atoms with van der Waals surface area (Å²) in [7, 11) is 0. The van der Waals surface area contributed by atoms with Crippen LogP contribution >= 0.6 is 22.7 Å². The van der Waals surface area contributed by atoms with Gasteiger partial charge in [-0.1, -0.05) is 6.07 Å². The summed E-state index contributed by atoms with van der Waals surface area (Å²) in [5.41, 5.74) is 2.67. The number of carbonyl (C=O) groups is 2. The third-order valence-corrected chi connectivity index (χ3v) is 7.70. The number of fused-ring (bicyclic) bond motifs is 1. The Balaban J connectivity index is 1.63. The second-order valence-electron chi connectivity index (χ2n) is 7.93. The van der Waals surface area contributed by atoms with Gasteiger partial charge in [-0.05, 0) is 66.1 Å². The van der Waals surface area contributed by atoms with Crippen molar-refractivity contribution in [3.8, 4) is 5.75 Å². The highest BCUT2D eigenvalue weighted by Gasteiger charge is 2.47. The lowest BCUT2D eigenvalue weighted by Gasteiger charge is -2.24. The number of thiophene rings is 2. The normalized spacial score (nSPS) is 22.1. The van der Waals surface area contributed by atoms with Crippen LogP contribution in [0.5, 0.6) is 5.75 Å². The zero-order valence-corrected chi connectivity index (χ0v) is 18.8. The highest BCUT2D eigenvalue weighted by Crippen LogP contribution is 2.44. The number of ether oxygens (including phenoxy) is 1. The molecule has 31 heavy (non-hydrogen) atoms. The second kappa shape index (κ2) is 7.66. The van der Waals surface area contributed by atoms with Crippen LogP contribution in [0.3, 0.4) is 0 Å². The summed E-state index contributed by atoms with van der Waals surface area (Å²) >= 11 is 3.04. The zero-order valence-electron chi connectivity index (χ0n) is 17.1. The largest absolute Gasteiger partial charge is 0.507 e. The molecule has 1 aromatic carbocycles. The SMILES string of the molecule is Cc1ccsc1C1/C(=C(/O)c2ccc3c(c2)CC(C)O3)C(=O)C(=O)N1Cc1cccs1. The highest BCUT2D eigenvalue weighted by atomic mass is 32.1. The Labute approximate surface area is 188 Å². The molecule has 4 heterocycles. The van der Waals surface area contributed by atoms with Crippen molar-refractivity contribution in [2.45, 2.75) is 39.0 Å². The smallest absolute Gasteiger partial charge is 0.296 e. The Morgan fingerprint density at radius 1 is 1.19 bits per heavy atom. The fraction of sp³-hybridized carbons (Fsp3) is 0.250. The standard InChI is InChI=1S/C24H21NO4S2/c1-13-7-9-31-23(13)20-19(22(27)24(28)25(20)12-17-4-3-8-30-17)21(26)15-5-6-18-16(11-15)10-14(2)29-18/h3-9,11,14,20,26H,10,12H2,1-2H3/b21-19-. The number of rotatable bonds is 4. The maximum absolute atomic E-state index is 13.1. The lowest BCUT2D eigenvalue weighted by Crippen LogP contribution is -2.28. The molecule has 2 aliphatic rings. The molecule has 1 fully saturated rings. The molecule has 2 atom stereocenters. The topological polar surface area (TPSA) is 66.8 Å². The number of aliphatic hydroxyl groups excluding tert-OH is 1. The van der Waals surface area contributed by atoms with Crippen molar-refractivity contribution in [2.24, 2.45) is 0 Å². The Morgan fingerprint density at radius 2 is 2.03 bits per heavy atom. The molecule has 7 heteroatoms. The Hall–Kier alpha value is -2.90. The summed E-state index contributed by atoms with van der Waals surface area (Å²) < 4.78 is 5.75. The van der Waals surface area contributed by atoms with Gasteiger partial charge in [-0.25, -0.2) is 0 Å². The molecule has 2 aliphatic heterocycles. The molecule has 2 aromatic heterocycles. The van der Waals surface area contributed by atoms with Gasteiger partial charge < -0.3 is 14.7 Å². The van der Waals surface area contributed by atoms with Crippen LogP contribution in [-0.2, 0) is 22.6 Å². The van der Waals surface area contributed by atoms with Crippen LogP contribution in [0, 0.1) is 6.92 Å². The number of aliphatic hydroxyl groups is 1. The van der Waals surface area contributed by atoms with Crippen molar-refractivity contribution in [1.29, 1.82) is 0 Å². The molecule has 0 saturated carbocycles. The summed E-state index contributed by atoms with van der Waals surface area (Å²) in [4.78, 5) is 29.7. The first kappa shape index (κ1) is 20.0. The average Bonchev–Trinajstić information content (AvgIpc) is 3.52. The van der Waals surface area contributed by atoms with Crippen molar-refractivity contribution in [3.05, 3.63) is 79.2 Å². The lowest BCUT2D eigenvalue weighted by atomic mass is 9.97. The molecule has 0 radical (unpaired) electrons. The Morgan fingerprint density at radius 3 is 2.74 bits per heavy atom. The van der Waals surface area contributed by atoms with Crippen LogP contribution in [0.25, 0.3) is 5.76 Å². The summed E-state index contributed by atoms with van der Waals surface area (Å²) in [6, 6.07) is 10.7. The Kier molecular flexibility index (Phi) is 4.95. The van der Waals surface area contributed by atoms with Gasteiger partial charge in [0, 0.05) is 21.7 Å². The van der Waals surface area contributed by atoms with Gasteiger partial charge in [0.1, 0.15) is 23.7 Å². The van der Waals surface area contributed by atoms with Crippen LogP contribution < -0.4 is 4.74 Å². The van der Waals surface area contributed by atoms with Crippen LogP contribution in [-0.4, -0.2) is 27.8 Å². The second-order valence-corrected chi connectivity index (χ2v) is 9.91. The molecular formula is C24H21NO4S2. The minimum Gasteiger partial charge on any atom is -0.507 e. The van der Waals surface area contributed by atoms with Crippen LogP contribution in [0.15, 0.2) is 52.7 Å². The van der Waals surface area contributed by atoms with E-state index in [1.807, 2.05) is 54.9 Å². The first-order valence-corrected chi connectivity index (χ1v) is 11.8. The summed E-state index contributed by atoms with van der Waals surface area (Å²) in [5, 5.41) is 15.2. The lowest BCUT2D eigenvalue weighted by molar-refractivity contribution is -0.140. The van der Waals surface area contributed by atoms with E-state index in [1.165, 1.54) is 11.3 Å². The predicted molar refractivity (Wildman–Crippen MR) is 121 cm³/mol. The summed E-state index contributed by atoms with van der Waals surface area (Å²) in [6.45, 7) is 4.29. The third-order valence-electron chi connectivity index (χ3n) is 5.77. The molecule has 3 aromatic rings. The number of hydrogen-bond acceptors (Lipinski definition) is 6. The average molecular weight is 452 g/mol. The van der Waals surface area contributed by atoms with Crippen molar-refractivity contribution < 1.29 is 19.4 Å². The van der Waals surface area contributed by atoms with E-state index in [2.05, 4.69) is 0 Å². The molecule has 1 saturated heterocycles. The van der Waals surface area contributed by atoms with Crippen molar-refractivity contribution in [1.82, 2.24) is 4.90 Å². The Bertz CT molecular complexity index is 1210. The molecule has 0 spiro atoms. The summed E-state index contributed by atoms with van der Waals surface area (Å²) in [5.74, 6) is -0.553. The van der Waals surface area contributed by atoms with Crippen LogP contribution in [0.1, 0.15) is 39.4 Å². The van der Waals surface area contributed by atoms with Crippen molar-refractivity contribution >= 4 is 40.1 Å². The van der Waals surface area contributed by atoms with E-state index in [9.17, 15) is 14.7 Å². The fourth-order valence-electron chi connectivity index (χ4n) is 4.28. The molecule has 2 unspecified atom stereocenters. The van der Waals surface area contributed by atoms with Gasteiger partial charge in [0.15, 0.2) is 0 Å². The van der Waals surface area contributed by atoms with E-state index in [4.69, 9.17) is 4.74 Å². The maximum Gasteiger partial charge on any atom is 0.296 e. The van der Waals surface area contributed by atoms with E-state index in [1.54, 1.807) is 22.3 Å². The zero-order chi connectivity index (χ0) is 21.7. The van der Waals surface area contributed by atoms with Gasteiger partial charge in [0.05, 0.1) is 12.1 Å². The van der Waals surface area contributed by atoms with Gasteiger partial charge in [-0.3, -0.25) is 9.59 Å². The molecule has 5 nitrogen and oxygen atoms in total. The van der Waals surface area contributed by atoms with E-state index >= 15 is 0 Å². The minimum absolute atomic E-state index is 0.0811. The monoisotopic (exact) mass is 451 g/mol. The van der Waals surface area contributed by atoms with E-state index in [0.29, 0.717) is 12.1 Å². The molecule has 5 rings (SSSR count). The van der Waals surface area contributed by atoms with Gasteiger partial charge in [-0.15, -0.1) is 22.7 Å². The van der Waals surface area contributed by atoms with Crippen LogP contribution in [0.2, 0.25) is 0 Å². The summed E-state index contributed by atoms with van der Waals surface area (Å²) in [6.07, 6.45) is 0.828. The van der Waals surface area contributed by atoms with E-state index in [0.717, 1.165) is 33.1 Å². The number of likely N-dealkylation sites (tertiary alicyclic amines) is 1. The molecular weight excluding hydrogens is 430 g/mol. The number of ketones is 1. The first-order chi connectivity index (χ1) is 14.9. The van der Waals surface area contributed by atoms with Gasteiger partial charge in [0.2, 0.25) is 0 Å². The molecule has 1 amide bonds. The number of carbonyl (C=O) groups excluding carboxylic acids is 2. The number of amides is 1.